The first kappa shape index (κ1) is 20.4. The van der Waals surface area contributed by atoms with Gasteiger partial charge in [-0.15, -0.1) is 0 Å². The standard InChI is InChI=1S/C21H24F3N3O/c1-15(21(28)25-18-8-7-17(22)19(23)20(18)24)27-13-11-26(12-14-27)10-9-16-5-3-2-4-6-16/h2-8,15H,9-14H2,1H3,(H,25,28). The van der Waals surface area contributed by atoms with Gasteiger partial charge in [0.15, 0.2) is 17.5 Å². The average molecular weight is 391 g/mol. The Morgan fingerprint density at radius 2 is 1.68 bits per heavy atom. The van der Waals surface area contributed by atoms with Crippen LogP contribution in [0.5, 0.6) is 0 Å². The molecule has 1 N–H and O–H groups in total. The maximum Gasteiger partial charge on any atom is 0.241 e. The van der Waals surface area contributed by atoms with E-state index in [-0.39, 0.29) is 5.69 Å². The first-order valence-electron chi connectivity index (χ1n) is 9.40. The molecule has 150 valence electrons. The third-order valence-corrected chi connectivity index (χ3v) is 5.19. The molecule has 0 aromatic heterocycles. The Morgan fingerprint density at radius 3 is 2.36 bits per heavy atom. The van der Waals surface area contributed by atoms with E-state index < -0.39 is 29.4 Å². The van der Waals surface area contributed by atoms with Crippen molar-refractivity contribution in [1.82, 2.24) is 9.80 Å². The number of benzene rings is 2. The van der Waals surface area contributed by atoms with Gasteiger partial charge in [0.1, 0.15) is 0 Å². The number of piperazine rings is 1. The summed E-state index contributed by atoms with van der Waals surface area (Å²) in [6.45, 7) is 5.78. The molecule has 1 fully saturated rings. The summed E-state index contributed by atoms with van der Waals surface area (Å²) in [7, 11) is 0. The number of rotatable bonds is 6. The van der Waals surface area contributed by atoms with Gasteiger partial charge >= 0.3 is 0 Å². The van der Waals surface area contributed by atoms with E-state index in [0.29, 0.717) is 13.1 Å². The molecule has 0 radical (unpaired) electrons. The van der Waals surface area contributed by atoms with Gasteiger partial charge in [-0.1, -0.05) is 30.3 Å². The minimum absolute atomic E-state index is 0.350. The molecule has 1 aliphatic rings. The van der Waals surface area contributed by atoms with Gasteiger partial charge in [-0.2, -0.15) is 0 Å². The lowest BCUT2D eigenvalue weighted by molar-refractivity contribution is -0.121. The molecule has 1 unspecified atom stereocenters. The molecule has 3 rings (SSSR count). The maximum atomic E-state index is 13.8. The number of amides is 1. The highest BCUT2D eigenvalue weighted by molar-refractivity contribution is 5.94. The van der Waals surface area contributed by atoms with Gasteiger partial charge in [0, 0.05) is 32.7 Å². The van der Waals surface area contributed by atoms with Crippen LogP contribution < -0.4 is 5.32 Å². The van der Waals surface area contributed by atoms with Crippen LogP contribution in [0.15, 0.2) is 42.5 Å². The number of nitrogens with zero attached hydrogens (tertiary/aromatic N) is 2. The van der Waals surface area contributed by atoms with Crippen LogP contribution in [0.1, 0.15) is 12.5 Å². The fourth-order valence-electron chi connectivity index (χ4n) is 3.33. The van der Waals surface area contributed by atoms with Gasteiger partial charge in [-0.3, -0.25) is 9.69 Å². The van der Waals surface area contributed by atoms with E-state index in [1.165, 1.54) is 5.56 Å². The molecular formula is C21H24F3N3O. The topological polar surface area (TPSA) is 35.6 Å². The van der Waals surface area contributed by atoms with Crippen molar-refractivity contribution < 1.29 is 18.0 Å². The fraction of sp³-hybridized carbons (Fsp3) is 0.381. The number of hydrogen-bond donors (Lipinski definition) is 1. The Labute approximate surface area is 162 Å². The summed E-state index contributed by atoms with van der Waals surface area (Å²) >= 11 is 0. The largest absolute Gasteiger partial charge is 0.322 e. The molecule has 4 nitrogen and oxygen atoms in total. The molecule has 1 amide bonds. The maximum absolute atomic E-state index is 13.8. The molecule has 2 aromatic carbocycles. The lowest BCUT2D eigenvalue weighted by Crippen LogP contribution is -2.53. The third kappa shape index (κ3) is 4.91. The zero-order chi connectivity index (χ0) is 20.1. The molecule has 7 heteroatoms. The van der Waals surface area contributed by atoms with Crippen LogP contribution in [0.2, 0.25) is 0 Å². The van der Waals surface area contributed by atoms with Gasteiger partial charge in [-0.05, 0) is 31.0 Å². The van der Waals surface area contributed by atoms with Crippen LogP contribution in [0.25, 0.3) is 0 Å². The van der Waals surface area contributed by atoms with Crippen molar-refractivity contribution in [2.75, 3.05) is 38.0 Å². The molecule has 0 bridgehead atoms. The normalized spacial score (nSPS) is 16.7. The van der Waals surface area contributed by atoms with Gasteiger partial charge in [0.2, 0.25) is 5.91 Å². The second-order valence-electron chi connectivity index (χ2n) is 7.00. The van der Waals surface area contributed by atoms with Crippen LogP contribution in [-0.2, 0) is 11.2 Å². The predicted molar refractivity (Wildman–Crippen MR) is 103 cm³/mol. The Balaban J connectivity index is 1.48. The van der Waals surface area contributed by atoms with Crippen molar-refractivity contribution >= 4 is 11.6 Å². The number of carbonyl (C=O) groups is 1. The fourth-order valence-corrected chi connectivity index (χ4v) is 3.33. The molecule has 2 aromatic rings. The Kier molecular flexibility index (Phi) is 6.70. The van der Waals surface area contributed by atoms with Gasteiger partial charge in [0.25, 0.3) is 0 Å². The predicted octanol–water partition coefficient (Wildman–Crippen LogP) is 3.29. The lowest BCUT2D eigenvalue weighted by atomic mass is 10.1. The minimum Gasteiger partial charge on any atom is -0.322 e. The van der Waals surface area contributed by atoms with Crippen LogP contribution in [0, 0.1) is 17.5 Å². The lowest BCUT2D eigenvalue weighted by Gasteiger charge is -2.37. The van der Waals surface area contributed by atoms with Gasteiger partial charge in [0.05, 0.1) is 11.7 Å². The second-order valence-corrected chi connectivity index (χ2v) is 7.00. The average Bonchev–Trinajstić information content (AvgIpc) is 2.73. The molecule has 0 aliphatic carbocycles. The smallest absolute Gasteiger partial charge is 0.241 e. The number of hydrogen-bond acceptors (Lipinski definition) is 3. The van der Waals surface area contributed by atoms with Crippen molar-refractivity contribution in [2.45, 2.75) is 19.4 Å². The number of carbonyl (C=O) groups excluding carboxylic acids is 1. The van der Waals surface area contributed by atoms with Crippen molar-refractivity contribution in [1.29, 1.82) is 0 Å². The molecule has 0 saturated carbocycles. The summed E-state index contributed by atoms with van der Waals surface area (Å²) in [6, 6.07) is 11.6. The van der Waals surface area contributed by atoms with E-state index in [1.54, 1.807) is 6.92 Å². The van der Waals surface area contributed by atoms with Crippen LogP contribution in [-0.4, -0.2) is 54.5 Å². The van der Waals surface area contributed by atoms with Gasteiger partial charge in [-0.25, -0.2) is 13.2 Å². The number of halogens is 3. The Hall–Kier alpha value is -2.38. The van der Waals surface area contributed by atoms with Crippen LogP contribution in [0.4, 0.5) is 18.9 Å². The second kappa shape index (κ2) is 9.21. The first-order valence-corrected chi connectivity index (χ1v) is 9.40. The van der Waals surface area contributed by atoms with E-state index in [2.05, 4.69) is 22.3 Å². The summed E-state index contributed by atoms with van der Waals surface area (Å²) in [4.78, 5) is 16.8. The van der Waals surface area contributed by atoms with E-state index in [4.69, 9.17) is 0 Å². The van der Waals surface area contributed by atoms with Crippen LogP contribution in [0.3, 0.4) is 0 Å². The van der Waals surface area contributed by atoms with Crippen LogP contribution >= 0.6 is 0 Å². The minimum atomic E-state index is -1.59. The number of nitrogens with one attached hydrogen (secondary N) is 1. The third-order valence-electron chi connectivity index (χ3n) is 5.19. The van der Waals surface area contributed by atoms with E-state index in [9.17, 15) is 18.0 Å². The summed E-state index contributed by atoms with van der Waals surface area (Å²) in [5, 5.41) is 2.36. The highest BCUT2D eigenvalue weighted by Gasteiger charge is 2.26. The molecule has 0 spiro atoms. The summed E-state index contributed by atoms with van der Waals surface area (Å²) in [5.74, 6) is -4.69. The quantitative estimate of drug-likeness (QED) is 0.768. The zero-order valence-electron chi connectivity index (χ0n) is 15.8. The Bertz CT molecular complexity index is 808. The Morgan fingerprint density at radius 1 is 1.00 bits per heavy atom. The SMILES string of the molecule is CC(C(=O)Nc1ccc(F)c(F)c1F)N1CCN(CCc2ccccc2)CC1. The summed E-state index contributed by atoms with van der Waals surface area (Å²) < 4.78 is 40.1. The molecule has 1 saturated heterocycles. The molecule has 1 atom stereocenters. The van der Waals surface area contributed by atoms with Crippen molar-refractivity contribution in [3.05, 3.63) is 65.5 Å². The van der Waals surface area contributed by atoms with Crippen molar-refractivity contribution in [3.8, 4) is 0 Å². The van der Waals surface area contributed by atoms with Crippen molar-refractivity contribution in [3.63, 3.8) is 0 Å². The highest BCUT2D eigenvalue weighted by atomic mass is 19.2. The number of anilines is 1. The van der Waals surface area contributed by atoms with Crippen molar-refractivity contribution in [2.24, 2.45) is 0 Å². The zero-order valence-corrected chi connectivity index (χ0v) is 15.8. The molecule has 28 heavy (non-hydrogen) atoms. The molecule has 1 heterocycles. The highest BCUT2D eigenvalue weighted by Crippen LogP contribution is 2.20. The molecular weight excluding hydrogens is 367 g/mol. The van der Waals surface area contributed by atoms with E-state index in [0.717, 1.165) is 38.2 Å². The van der Waals surface area contributed by atoms with E-state index in [1.807, 2.05) is 23.1 Å². The molecule has 1 aliphatic heterocycles. The first-order chi connectivity index (χ1) is 13.5. The monoisotopic (exact) mass is 391 g/mol. The van der Waals surface area contributed by atoms with E-state index >= 15 is 0 Å². The summed E-state index contributed by atoms with van der Waals surface area (Å²) in [5.41, 5.74) is 0.948. The summed E-state index contributed by atoms with van der Waals surface area (Å²) in [6.07, 6.45) is 0.978. The van der Waals surface area contributed by atoms with Gasteiger partial charge < -0.3 is 10.2 Å².